The molecule has 0 saturated carbocycles. The Hall–Kier alpha value is -2.51. The largest absolute Gasteiger partial charge is 0.345 e. The third-order valence-corrected chi connectivity index (χ3v) is 6.53. The first kappa shape index (κ1) is 16.6. The molecule has 138 valence electrons. The number of thiazole rings is 1. The molecule has 2 bridgehead atoms. The predicted octanol–water partition coefficient (Wildman–Crippen LogP) is 2.09. The van der Waals surface area contributed by atoms with Gasteiger partial charge in [0.25, 0.3) is 11.5 Å². The zero-order valence-electron chi connectivity index (χ0n) is 14.8. The maximum atomic E-state index is 12.9. The van der Waals surface area contributed by atoms with E-state index < -0.39 is 0 Å². The van der Waals surface area contributed by atoms with Gasteiger partial charge in [-0.1, -0.05) is 12.1 Å². The van der Waals surface area contributed by atoms with Crippen molar-refractivity contribution in [1.82, 2.24) is 20.2 Å². The SMILES string of the molecule is O=C(NCc1nc2ccccc2s1)c1ccc2n(c1=O)C[C@@H]1CNC[C@H]2C1. The smallest absolute Gasteiger partial charge is 0.263 e. The molecule has 4 heterocycles. The Morgan fingerprint density at radius 3 is 3.04 bits per heavy atom. The van der Waals surface area contributed by atoms with E-state index >= 15 is 0 Å². The second-order valence-electron chi connectivity index (χ2n) is 7.30. The number of aromatic nitrogens is 2. The first-order valence-electron chi connectivity index (χ1n) is 9.26. The van der Waals surface area contributed by atoms with Gasteiger partial charge in [0.2, 0.25) is 0 Å². The lowest BCUT2D eigenvalue weighted by atomic mass is 9.84. The number of hydrogen-bond acceptors (Lipinski definition) is 5. The average molecular weight is 380 g/mol. The van der Waals surface area contributed by atoms with Crippen molar-refractivity contribution in [2.24, 2.45) is 5.92 Å². The van der Waals surface area contributed by atoms with Crippen LogP contribution in [0.4, 0.5) is 0 Å². The molecule has 27 heavy (non-hydrogen) atoms. The van der Waals surface area contributed by atoms with Crippen molar-refractivity contribution in [1.29, 1.82) is 0 Å². The number of fused-ring (bicyclic) bond motifs is 5. The number of rotatable bonds is 3. The van der Waals surface area contributed by atoms with E-state index in [0.717, 1.165) is 40.4 Å². The molecule has 2 aromatic heterocycles. The molecule has 0 spiro atoms. The number of benzene rings is 1. The van der Waals surface area contributed by atoms with Crippen LogP contribution in [0, 0.1) is 5.92 Å². The number of hydrogen-bond donors (Lipinski definition) is 2. The lowest BCUT2D eigenvalue weighted by molar-refractivity contribution is 0.0948. The molecule has 1 fully saturated rings. The zero-order chi connectivity index (χ0) is 18.4. The van der Waals surface area contributed by atoms with Gasteiger partial charge in [-0.2, -0.15) is 0 Å². The van der Waals surface area contributed by atoms with E-state index in [-0.39, 0.29) is 17.0 Å². The van der Waals surface area contributed by atoms with Gasteiger partial charge in [0, 0.05) is 24.7 Å². The summed E-state index contributed by atoms with van der Waals surface area (Å²) in [4.78, 5) is 30.1. The molecule has 1 saturated heterocycles. The maximum Gasteiger partial charge on any atom is 0.263 e. The van der Waals surface area contributed by atoms with E-state index in [4.69, 9.17) is 0 Å². The van der Waals surface area contributed by atoms with Crippen LogP contribution in [0.2, 0.25) is 0 Å². The molecular formula is C20H20N4O2S. The number of carbonyl (C=O) groups is 1. The molecule has 3 aromatic rings. The number of pyridine rings is 1. The quantitative estimate of drug-likeness (QED) is 0.730. The fourth-order valence-corrected chi connectivity index (χ4v) is 5.12. The predicted molar refractivity (Wildman–Crippen MR) is 105 cm³/mol. The van der Waals surface area contributed by atoms with E-state index in [0.29, 0.717) is 24.9 Å². The Balaban J connectivity index is 1.37. The monoisotopic (exact) mass is 380 g/mol. The molecule has 2 aliphatic heterocycles. The van der Waals surface area contributed by atoms with Gasteiger partial charge in [0.15, 0.2) is 0 Å². The summed E-state index contributed by atoms with van der Waals surface area (Å²) in [5, 5.41) is 7.13. The summed E-state index contributed by atoms with van der Waals surface area (Å²) in [6.45, 7) is 2.86. The Kier molecular flexibility index (Phi) is 4.06. The zero-order valence-corrected chi connectivity index (χ0v) is 15.6. The summed E-state index contributed by atoms with van der Waals surface area (Å²) in [6.07, 6.45) is 1.12. The van der Waals surface area contributed by atoms with E-state index in [1.54, 1.807) is 17.4 Å². The fraction of sp³-hybridized carbons (Fsp3) is 0.350. The highest BCUT2D eigenvalue weighted by molar-refractivity contribution is 7.18. The molecule has 1 amide bonds. The summed E-state index contributed by atoms with van der Waals surface area (Å²) >= 11 is 1.56. The molecule has 0 radical (unpaired) electrons. The highest BCUT2D eigenvalue weighted by atomic mass is 32.1. The second kappa shape index (κ2) is 6.58. The van der Waals surface area contributed by atoms with Crippen molar-refractivity contribution in [3.63, 3.8) is 0 Å². The van der Waals surface area contributed by atoms with E-state index in [1.807, 2.05) is 34.9 Å². The molecule has 1 aromatic carbocycles. The highest BCUT2D eigenvalue weighted by Gasteiger charge is 2.31. The van der Waals surface area contributed by atoms with Crippen LogP contribution < -0.4 is 16.2 Å². The molecular weight excluding hydrogens is 360 g/mol. The minimum atomic E-state index is -0.330. The van der Waals surface area contributed by atoms with Crippen LogP contribution >= 0.6 is 11.3 Å². The van der Waals surface area contributed by atoms with Crippen LogP contribution in [-0.2, 0) is 13.1 Å². The molecule has 0 aliphatic carbocycles. The topological polar surface area (TPSA) is 76.0 Å². The van der Waals surface area contributed by atoms with Crippen LogP contribution in [0.1, 0.15) is 33.4 Å². The average Bonchev–Trinajstić information content (AvgIpc) is 3.10. The molecule has 5 rings (SSSR count). The number of nitrogens with one attached hydrogen (secondary N) is 2. The molecule has 2 atom stereocenters. The fourth-order valence-electron chi connectivity index (χ4n) is 4.21. The first-order valence-corrected chi connectivity index (χ1v) is 10.1. The minimum Gasteiger partial charge on any atom is -0.345 e. The van der Waals surface area contributed by atoms with Crippen molar-refractivity contribution < 1.29 is 4.79 Å². The molecule has 0 unspecified atom stereocenters. The van der Waals surface area contributed by atoms with E-state index in [2.05, 4.69) is 15.6 Å². The van der Waals surface area contributed by atoms with Gasteiger partial charge >= 0.3 is 0 Å². The summed E-state index contributed by atoms with van der Waals surface area (Å²) in [5.74, 6) is 0.503. The van der Waals surface area contributed by atoms with Crippen LogP contribution in [0.5, 0.6) is 0 Å². The number of para-hydroxylation sites is 1. The van der Waals surface area contributed by atoms with Gasteiger partial charge in [-0.05, 0) is 43.1 Å². The summed E-state index contributed by atoms with van der Waals surface area (Å²) in [6, 6.07) is 11.5. The second-order valence-corrected chi connectivity index (χ2v) is 8.42. The van der Waals surface area contributed by atoms with Crippen molar-refractivity contribution in [3.05, 3.63) is 63.0 Å². The van der Waals surface area contributed by atoms with E-state index in [9.17, 15) is 9.59 Å². The Morgan fingerprint density at radius 1 is 1.26 bits per heavy atom. The van der Waals surface area contributed by atoms with Gasteiger partial charge < -0.3 is 15.2 Å². The third kappa shape index (κ3) is 2.96. The van der Waals surface area contributed by atoms with Crippen LogP contribution in [0.15, 0.2) is 41.2 Å². The van der Waals surface area contributed by atoms with Crippen LogP contribution in [0.3, 0.4) is 0 Å². The molecule has 2 aliphatic rings. The standard InChI is InChI=1S/C20H20N4O2S/c25-19(22-10-18-23-15-3-1-2-4-17(15)27-18)14-5-6-16-13-7-12(8-21-9-13)11-24(16)20(14)26/h1-6,12-13,21H,7-11H2,(H,22,25)/t12-,13+/m0/s1. The van der Waals surface area contributed by atoms with E-state index in [1.165, 1.54) is 0 Å². The summed E-state index contributed by atoms with van der Waals surface area (Å²) in [5.41, 5.74) is 2.02. The first-order chi connectivity index (χ1) is 13.2. The lowest BCUT2D eigenvalue weighted by Crippen LogP contribution is -2.46. The third-order valence-electron chi connectivity index (χ3n) is 5.49. The van der Waals surface area contributed by atoms with Crippen LogP contribution in [-0.4, -0.2) is 28.5 Å². The molecule has 6 nitrogen and oxygen atoms in total. The van der Waals surface area contributed by atoms with Gasteiger partial charge in [-0.3, -0.25) is 9.59 Å². The number of amides is 1. The Bertz CT molecular complexity index is 1050. The van der Waals surface area contributed by atoms with Gasteiger partial charge in [-0.15, -0.1) is 11.3 Å². The van der Waals surface area contributed by atoms with Gasteiger partial charge in [0.1, 0.15) is 10.6 Å². The molecule has 7 heteroatoms. The number of piperidine rings is 1. The van der Waals surface area contributed by atoms with Crippen molar-refractivity contribution in [2.45, 2.75) is 25.4 Å². The summed E-state index contributed by atoms with van der Waals surface area (Å²) < 4.78 is 2.91. The van der Waals surface area contributed by atoms with Gasteiger partial charge in [-0.25, -0.2) is 4.98 Å². The minimum absolute atomic E-state index is 0.175. The number of carbonyl (C=O) groups excluding carboxylic acids is 1. The maximum absolute atomic E-state index is 12.9. The Morgan fingerprint density at radius 2 is 2.15 bits per heavy atom. The van der Waals surface area contributed by atoms with Crippen molar-refractivity contribution >= 4 is 27.5 Å². The normalized spacial score (nSPS) is 21.0. The van der Waals surface area contributed by atoms with Crippen molar-refractivity contribution in [3.8, 4) is 0 Å². The lowest BCUT2D eigenvalue weighted by Gasteiger charge is -2.37. The van der Waals surface area contributed by atoms with Crippen LogP contribution in [0.25, 0.3) is 10.2 Å². The van der Waals surface area contributed by atoms with Crippen molar-refractivity contribution in [2.75, 3.05) is 13.1 Å². The van der Waals surface area contributed by atoms with Gasteiger partial charge in [0.05, 0.1) is 16.8 Å². The summed E-state index contributed by atoms with van der Waals surface area (Å²) in [7, 11) is 0. The molecule has 2 N–H and O–H groups in total. The Labute approximate surface area is 160 Å². The highest BCUT2D eigenvalue weighted by Crippen LogP contribution is 2.31. The number of nitrogens with zero attached hydrogens (tertiary/aromatic N) is 2.